The van der Waals surface area contributed by atoms with Crippen LogP contribution in [0.3, 0.4) is 0 Å². The van der Waals surface area contributed by atoms with E-state index < -0.39 is 71.0 Å². The Morgan fingerprint density at radius 2 is 0.830 bits per heavy atom. The third-order valence-electron chi connectivity index (χ3n) is 12.4. The van der Waals surface area contributed by atoms with Crippen LogP contribution in [0.5, 0.6) is 0 Å². The van der Waals surface area contributed by atoms with Crippen molar-refractivity contribution in [1.82, 2.24) is 30.4 Å². The monoisotopic (exact) mass is 1210 g/mol. The number of benzene rings is 6. The minimum atomic E-state index is -4.63. The molecule has 0 saturated carbocycles. The van der Waals surface area contributed by atoms with Gasteiger partial charge in [-0.1, -0.05) is 66.7 Å². The largest absolute Gasteiger partial charge is 0.443 e. The van der Waals surface area contributed by atoms with Crippen molar-refractivity contribution in [2.45, 2.75) is 65.1 Å². The molecule has 2 heterocycles. The Hall–Kier alpha value is -11.0. The van der Waals surface area contributed by atoms with Gasteiger partial charge >= 0.3 is 48.7 Å². The Kier molecular flexibility index (Phi) is 19.0. The maximum Gasteiger partial charge on any atom is 0.419 e. The van der Waals surface area contributed by atoms with Crippen molar-refractivity contribution in [3.63, 3.8) is 0 Å². The van der Waals surface area contributed by atoms with E-state index >= 15 is 0 Å². The number of hydrogen-bond acceptors (Lipinski definition) is 8. The van der Waals surface area contributed by atoms with Gasteiger partial charge in [0.25, 0.3) is 0 Å². The van der Waals surface area contributed by atoms with Crippen LogP contribution in [0, 0.1) is 0 Å². The summed E-state index contributed by atoms with van der Waals surface area (Å²) < 4.78 is 94.4. The second-order valence-corrected chi connectivity index (χ2v) is 21.4. The molecule has 0 saturated heterocycles. The summed E-state index contributed by atoms with van der Waals surface area (Å²) in [6.07, 6.45) is 3.14. The second-order valence-electron chi connectivity index (χ2n) is 21.4. The molecule has 18 nitrogen and oxygen atoms in total. The quantitative estimate of drug-likeness (QED) is 0.0517. The van der Waals surface area contributed by atoms with Gasteiger partial charge in [-0.3, -0.25) is 9.13 Å². The molecule has 8 aromatic rings. The first-order chi connectivity index (χ1) is 41.6. The Balaban J connectivity index is 1.09. The van der Waals surface area contributed by atoms with Gasteiger partial charge in [0.2, 0.25) is 0 Å². The molecule has 0 atom stereocenters. The summed E-state index contributed by atoms with van der Waals surface area (Å²) in [5.41, 5.74) is -0.298. The average molecular weight is 1210 g/mol. The van der Waals surface area contributed by atoms with Crippen LogP contribution in [0.2, 0.25) is 0 Å². The standard InChI is InChI=1S/C64H58F6N10O8/c1-61(2,3)87-59(85)79-37-42(47-17-7-9-19-53(47)79)27-31-73-55(81)75-46-22-24-50(76-56(82)74-32-28-43-38-80(60(86)88-62(4,5)6)54-20-10-8-18-48(43)54)49(36-46)41-21-23-51(77-57(83)71-29-25-39-13-11-15-44(33-39)63(65,66)67)52(35-41)78-58(84)72-30-26-40-14-12-16-45(34-40)64(68,69)70/h7-38H,1-6H3,(H2,71,77,83)(H2,72,78,84)(H2,73,75,81)(H2,74,76,82)/b29-25+,30-26+,31-27+,32-28+. The first-order valence-corrected chi connectivity index (χ1v) is 26.8. The molecule has 0 aliphatic rings. The normalized spacial score (nSPS) is 12.2. The molecule has 0 aliphatic heterocycles. The summed E-state index contributed by atoms with van der Waals surface area (Å²) in [4.78, 5) is 80.6. The smallest absolute Gasteiger partial charge is 0.419 e. The summed E-state index contributed by atoms with van der Waals surface area (Å²) in [5, 5.41) is 22.1. The number of alkyl halides is 6. The number of ether oxygens (including phenoxy) is 2. The SMILES string of the molecule is CC(C)(C)OC(=O)n1cc(/C=C/NC(=O)Nc2ccc(NC(=O)N/C=C/c3cn(C(=O)OC(C)(C)C)c4ccccc34)c(-c3ccc(NC(=O)N/C=C/c4cccc(C(F)(F)F)c4)c(NC(=O)N/C=C/c4cccc(C(F)(F)F)c4)c3)c2)c2ccccc21. The summed E-state index contributed by atoms with van der Waals surface area (Å²) in [7, 11) is 0. The van der Waals surface area contributed by atoms with Crippen LogP contribution >= 0.6 is 0 Å². The van der Waals surface area contributed by atoms with Gasteiger partial charge in [0.05, 0.1) is 39.2 Å². The Labute approximate surface area is 500 Å². The van der Waals surface area contributed by atoms with Gasteiger partial charge in [0, 0.05) is 70.3 Å². The molecular weight excluding hydrogens is 1150 g/mol. The highest BCUT2D eigenvalue weighted by Crippen LogP contribution is 2.37. The average Bonchev–Trinajstić information content (AvgIpc) is 2.94. The lowest BCUT2D eigenvalue weighted by molar-refractivity contribution is -0.138. The van der Waals surface area contributed by atoms with Gasteiger partial charge in [0.15, 0.2) is 0 Å². The number of anilines is 4. The van der Waals surface area contributed by atoms with E-state index in [2.05, 4.69) is 42.5 Å². The van der Waals surface area contributed by atoms with Crippen molar-refractivity contribution < 1.29 is 64.6 Å². The molecule has 2 aromatic heterocycles. The number of aromatic nitrogens is 2. The Morgan fingerprint density at radius 3 is 1.28 bits per heavy atom. The third kappa shape index (κ3) is 17.1. The van der Waals surface area contributed by atoms with Crippen molar-refractivity contribution in [3.05, 3.63) is 204 Å². The van der Waals surface area contributed by atoms with Gasteiger partial charge < -0.3 is 52.0 Å². The molecule has 0 bridgehead atoms. The minimum absolute atomic E-state index is 0.0502. The zero-order valence-electron chi connectivity index (χ0n) is 47.9. The van der Waals surface area contributed by atoms with Crippen LogP contribution in [0.25, 0.3) is 57.2 Å². The number of rotatable bonds is 13. The molecule has 8 rings (SSSR count). The zero-order chi connectivity index (χ0) is 63.6. The molecule has 0 unspecified atom stereocenters. The van der Waals surface area contributed by atoms with Crippen LogP contribution in [0.15, 0.2) is 171 Å². The van der Waals surface area contributed by atoms with Crippen LogP contribution in [0.4, 0.5) is 77.9 Å². The van der Waals surface area contributed by atoms with E-state index in [1.165, 1.54) is 94.3 Å². The van der Waals surface area contributed by atoms with Gasteiger partial charge in [-0.05, 0) is 149 Å². The van der Waals surface area contributed by atoms with E-state index in [-0.39, 0.29) is 45.0 Å². The van der Waals surface area contributed by atoms with Gasteiger partial charge in [-0.2, -0.15) is 26.3 Å². The van der Waals surface area contributed by atoms with E-state index in [0.29, 0.717) is 32.9 Å². The predicted molar refractivity (Wildman–Crippen MR) is 327 cm³/mol. The van der Waals surface area contributed by atoms with Gasteiger partial charge in [0.1, 0.15) is 11.2 Å². The molecule has 0 spiro atoms. The lowest BCUT2D eigenvalue weighted by Gasteiger charge is -2.19. The summed E-state index contributed by atoms with van der Waals surface area (Å²) in [6, 6.07) is 28.2. The number of carbonyl (C=O) groups is 6. The van der Waals surface area contributed by atoms with Crippen molar-refractivity contribution >= 4 is 105 Å². The molecule has 454 valence electrons. The highest BCUT2D eigenvalue weighted by atomic mass is 19.4. The van der Waals surface area contributed by atoms with E-state index in [4.69, 9.17) is 9.47 Å². The number of hydrogen-bond donors (Lipinski definition) is 8. The fourth-order valence-electron chi connectivity index (χ4n) is 8.62. The van der Waals surface area contributed by atoms with E-state index in [1.807, 2.05) is 0 Å². The maximum atomic E-state index is 13.8. The summed E-state index contributed by atoms with van der Waals surface area (Å²) >= 11 is 0. The first-order valence-electron chi connectivity index (χ1n) is 26.8. The predicted octanol–water partition coefficient (Wildman–Crippen LogP) is 16.0. The summed E-state index contributed by atoms with van der Waals surface area (Å²) in [6.45, 7) is 10.5. The topological polar surface area (TPSA) is 227 Å². The van der Waals surface area contributed by atoms with E-state index in [9.17, 15) is 55.1 Å². The number of amides is 8. The number of para-hydroxylation sites is 2. The fraction of sp³-hybridized carbons (Fsp3) is 0.156. The lowest BCUT2D eigenvalue weighted by atomic mass is 10.0. The molecule has 0 aliphatic carbocycles. The molecule has 8 N–H and O–H groups in total. The number of urea groups is 4. The number of carbonyl (C=O) groups excluding carboxylic acids is 6. The van der Waals surface area contributed by atoms with Crippen LogP contribution in [0.1, 0.15) is 74.9 Å². The first kappa shape index (κ1) is 63.0. The second kappa shape index (κ2) is 26.5. The number of nitrogens with one attached hydrogen (secondary N) is 8. The van der Waals surface area contributed by atoms with Crippen molar-refractivity contribution in [2.24, 2.45) is 0 Å². The molecule has 6 aromatic carbocycles. The molecule has 0 radical (unpaired) electrons. The van der Waals surface area contributed by atoms with Crippen molar-refractivity contribution in [3.8, 4) is 11.1 Å². The van der Waals surface area contributed by atoms with E-state index in [1.54, 1.807) is 115 Å². The lowest BCUT2D eigenvalue weighted by Crippen LogP contribution is -2.27. The molecule has 8 amide bonds. The number of nitrogens with zero attached hydrogens (tertiary/aromatic N) is 2. The number of fused-ring (bicyclic) bond motifs is 2. The highest BCUT2D eigenvalue weighted by molar-refractivity contribution is 6.03. The van der Waals surface area contributed by atoms with Crippen LogP contribution < -0.4 is 42.5 Å². The molecule has 24 heteroatoms. The van der Waals surface area contributed by atoms with Crippen molar-refractivity contribution in [1.29, 1.82) is 0 Å². The van der Waals surface area contributed by atoms with Gasteiger partial charge in [-0.25, -0.2) is 28.8 Å². The molecular formula is C64H58F6N10O8. The van der Waals surface area contributed by atoms with Crippen LogP contribution in [-0.4, -0.2) is 56.6 Å². The number of halogens is 6. The Morgan fingerprint density at radius 1 is 0.420 bits per heavy atom. The third-order valence-corrected chi connectivity index (χ3v) is 12.4. The van der Waals surface area contributed by atoms with Gasteiger partial charge in [-0.15, -0.1) is 0 Å². The highest BCUT2D eigenvalue weighted by Gasteiger charge is 2.31. The van der Waals surface area contributed by atoms with Crippen LogP contribution in [-0.2, 0) is 21.8 Å². The fourth-order valence-corrected chi connectivity index (χ4v) is 8.62. The zero-order valence-corrected chi connectivity index (χ0v) is 47.9. The minimum Gasteiger partial charge on any atom is -0.443 e. The molecule has 0 fully saturated rings. The Bertz CT molecular complexity index is 4090. The molecule has 88 heavy (non-hydrogen) atoms. The maximum absolute atomic E-state index is 13.8. The summed E-state index contributed by atoms with van der Waals surface area (Å²) in [5.74, 6) is 0. The van der Waals surface area contributed by atoms with Crippen molar-refractivity contribution in [2.75, 3.05) is 21.3 Å². The van der Waals surface area contributed by atoms with E-state index in [0.717, 1.165) is 36.7 Å².